The van der Waals surface area contributed by atoms with E-state index in [0.717, 1.165) is 45.6 Å². The summed E-state index contributed by atoms with van der Waals surface area (Å²) in [4.78, 5) is 47.4. The van der Waals surface area contributed by atoms with E-state index in [-0.39, 0.29) is 38.3 Å². The Morgan fingerprint density at radius 2 is 1.64 bits per heavy atom. The van der Waals surface area contributed by atoms with Gasteiger partial charge in [-0.2, -0.15) is 11.8 Å². The molecule has 2 aliphatic rings. The molecule has 4 rings (SSSR count). The third kappa shape index (κ3) is 12.0. The van der Waals surface area contributed by atoms with Crippen LogP contribution in [0, 0.1) is 6.92 Å². The van der Waals surface area contributed by atoms with Crippen LogP contribution in [0.2, 0.25) is 0 Å². The minimum Gasteiger partial charge on any atom is -0.391 e. The number of rotatable bonds is 22. The predicted octanol–water partition coefficient (Wildman–Crippen LogP) is 7.88. The van der Waals surface area contributed by atoms with Gasteiger partial charge in [-0.05, 0) is 63.3 Å². The molecule has 1 aliphatic heterocycles. The second kappa shape index (κ2) is 19.7. The van der Waals surface area contributed by atoms with Crippen molar-refractivity contribution in [1.82, 2.24) is 20.5 Å². The van der Waals surface area contributed by atoms with Gasteiger partial charge in [0.15, 0.2) is 5.67 Å². The number of aliphatic hydroxyl groups excluding tert-OH is 1. The summed E-state index contributed by atoms with van der Waals surface area (Å²) >= 11 is 6.66. The minimum atomic E-state index is -1.94. The van der Waals surface area contributed by atoms with Crippen molar-refractivity contribution in [1.29, 1.82) is 0 Å². The van der Waals surface area contributed by atoms with Gasteiger partial charge in [0.25, 0.3) is 5.91 Å². The SMILES string of the molecule is Cc1ncsc1-c1ccc(CNC(=O)[C@@H]2C[C@@H](O)CN2C(=O)C(NC(=O)C2(F)CC2)C(C)(C)SCCCCCCCCCCCCCBr)cc1. The number of amides is 3. The van der Waals surface area contributed by atoms with Crippen LogP contribution in [0.4, 0.5) is 4.39 Å². The van der Waals surface area contributed by atoms with E-state index in [1.54, 1.807) is 23.1 Å². The summed E-state index contributed by atoms with van der Waals surface area (Å²) in [7, 11) is 0. The number of aliphatic hydroxyl groups is 1. The number of likely N-dealkylation sites (tertiary alicyclic amines) is 1. The quantitative estimate of drug-likeness (QED) is 0.0827. The zero-order valence-electron chi connectivity index (χ0n) is 30.0. The molecule has 1 aliphatic carbocycles. The number of benzene rings is 1. The molecular formula is C38H56BrFN4O4S2. The van der Waals surface area contributed by atoms with Crippen molar-refractivity contribution in [2.24, 2.45) is 0 Å². The van der Waals surface area contributed by atoms with Crippen LogP contribution in [0.1, 0.15) is 115 Å². The molecule has 8 nitrogen and oxygen atoms in total. The topological polar surface area (TPSA) is 112 Å². The Hall–Kier alpha value is -2.02. The summed E-state index contributed by atoms with van der Waals surface area (Å²) in [5.41, 5.74) is 2.81. The Morgan fingerprint density at radius 3 is 2.20 bits per heavy atom. The molecule has 1 saturated heterocycles. The lowest BCUT2D eigenvalue weighted by molar-refractivity contribution is -0.143. The van der Waals surface area contributed by atoms with Crippen molar-refractivity contribution in [3.63, 3.8) is 0 Å². The zero-order chi connectivity index (χ0) is 36.1. The number of unbranched alkanes of at least 4 members (excludes halogenated alkanes) is 10. The van der Waals surface area contributed by atoms with Gasteiger partial charge in [-0.25, -0.2) is 9.37 Å². The number of nitrogens with zero attached hydrogens (tertiary/aromatic N) is 2. The van der Waals surface area contributed by atoms with Crippen molar-refractivity contribution >= 4 is 56.8 Å². The highest BCUT2D eigenvalue weighted by Gasteiger charge is 2.54. The number of hydrogen-bond donors (Lipinski definition) is 3. The van der Waals surface area contributed by atoms with E-state index in [1.807, 2.05) is 50.5 Å². The summed E-state index contributed by atoms with van der Waals surface area (Å²) < 4.78 is 14.1. The van der Waals surface area contributed by atoms with Crippen LogP contribution in [0.25, 0.3) is 10.4 Å². The highest BCUT2D eigenvalue weighted by Crippen LogP contribution is 2.41. The zero-order valence-corrected chi connectivity index (χ0v) is 33.2. The van der Waals surface area contributed by atoms with E-state index in [0.29, 0.717) is 0 Å². The second-order valence-electron chi connectivity index (χ2n) is 14.5. The smallest absolute Gasteiger partial charge is 0.258 e. The number of thioether (sulfide) groups is 1. The van der Waals surface area contributed by atoms with Gasteiger partial charge in [0.1, 0.15) is 12.1 Å². The number of nitrogens with one attached hydrogen (secondary N) is 2. The van der Waals surface area contributed by atoms with Crippen molar-refractivity contribution in [3.8, 4) is 10.4 Å². The molecule has 0 radical (unpaired) electrons. The van der Waals surface area contributed by atoms with E-state index >= 15 is 0 Å². The Labute approximate surface area is 314 Å². The Morgan fingerprint density at radius 1 is 1.04 bits per heavy atom. The van der Waals surface area contributed by atoms with Crippen molar-refractivity contribution in [2.75, 3.05) is 17.6 Å². The summed E-state index contributed by atoms with van der Waals surface area (Å²) in [5.74, 6) is -0.806. The van der Waals surface area contributed by atoms with Crippen molar-refractivity contribution < 1.29 is 23.9 Å². The second-order valence-corrected chi connectivity index (χ2v) is 17.9. The van der Waals surface area contributed by atoms with Crippen LogP contribution in [0.5, 0.6) is 0 Å². The molecule has 3 atom stereocenters. The normalized spacial score (nSPS) is 19.0. The lowest BCUT2D eigenvalue weighted by Gasteiger charge is -2.37. The summed E-state index contributed by atoms with van der Waals surface area (Å²) in [5, 5.41) is 17.4. The number of aryl methyl sites for hydroxylation is 1. The van der Waals surface area contributed by atoms with E-state index in [2.05, 4.69) is 31.5 Å². The first-order valence-corrected chi connectivity index (χ1v) is 21.4. The van der Waals surface area contributed by atoms with Crippen molar-refractivity contribution in [2.45, 2.75) is 146 Å². The third-order valence-electron chi connectivity index (χ3n) is 9.86. The van der Waals surface area contributed by atoms with E-state index in [4.69, 9.17) is 0 Å². The summed E-state index contributed by atoms with van der Waals surface area (Å²) in [6.07, 6.45) is 13.1. The number of halogens is 2. The maximum atomic E-state index is 14.9. The van der Waals surface area contributed by atoms with Gasteiger partial charge in [0.05, 0.1) is 22.2 Å². The largest absolute Gasteiger partial charge is 0.391 e. The number of carbonyl (C=O) groups excluding carboxylic acids is 3. The van der Waals surface area contributed by atoms with Crippen LogP contribution in [-0.4, -0.2) is 78.9 Å². The fourth-order valence-electron chi connectivity index (χ4n) is 6.47. The van der Waals surface area contributed by atoms with Crippen LogP contribution in [0.15, 0.2) is 29.8 Å². The molecule has 2 fully saturated rings. The van der Waals surface area contributed by atoms with E-state index in [1.165, 1.54) is 62.7 Å². The summed E-state index contributed by atoms with van der Waals surface area (Å²) in [6, 6.07) is 5.95. The first-order valence-electron chi connectivity index (χ1n) is 18.4. The van der Waals surface area contributed by atoms with Crippen LogP contribution < -0.4 is 10.6 Å². The van der Waals surface area contributed by atoms with Crippen molar-refractivity contribution in [3.05, 3.63) is 41.0 Å². The fraction of sp³-hybridized carbons (Fsp3) is 0.684. The van der Waals surface area contributed by atoms with Gasteiger partial charge >= 0.3 is 0 Å². The number of alkyl halides is 2. The molecule has 3 amide bonds. The molecule has 0 spiro atoms. The van der Waals surface area contributed by atoms with Gasteiger partial charge in [-0.15, -0.1) is 11.3 Å². The average molecular weight is 796 g/mol. The molecule has 1 aromatic heterocycles. The van der Waals surface area contributed by atoms with Crippen LogP contribution in [0.3, 0.4) is 0 Å². The number of aromatic nitrogens is 1. The molecule has 1 saturated carbocycles. The van der Waals surface area contributed by atoms with Gasteiger partial charge in [-0.1, -0.05) is 98.0 Å². The third-order valence-corrected chi connectivity index (χ3v) is 12.9. The maximum Gasteiger partial charge on any atom is 0.258 e. The Balaban J connectivity index is 1.29. The van der Waals surface area contributed by atoms with E-state index in [9.17, 15) is 23.9 Å². The molecule has 2 heterocycles. The summed E-state index contributed by atoms with van der Waals surface area (Å²) in [6.45, 7) is 6.01. The number of hydrogen-bond acceptors (Lipinski definition) is 7. The molecule has 12 heteroatoms. The monoisotopic (exact) mass is 794 g/mol. The number of carbonyl (C=O) groups is 3. The van der Waals surface area contributed by atoms with Crippen LogP contribution in [-0.2, 0) is 20.9 Å². The minimum absolute atomic E-state index is 0.0233. The standard InChI is InChI=1S/C38H56BrFN4O4S2/c1-27-32(49-26-42-27)29-17-15-28(16-18-29)24-41-34(46)31-23-30(45)25-44(31)35(47)33(43-36(48)38(40)19-20-38)37(2,3)50-22-14-12-10-8-6-4-5-7-9-11-13-21-39/h15-18,26,30-31,33,45H,4-14,19-25H2,1-3H3,(H,41,46)(H,43,48)/t30-,31+,33?/m1/s1. The highest BCUT2D eigenvalue weighted by atomic mass is 79.9. The fourth-order valence-corrected chi connectivity index (χ4v) is 8.88. The molecular weight excluding hydrogens is 739 g/mol. The number of β-amino-alcohol motifs (C(OH)–C–C–N with tert-alkyl or cyclic N) is 1. The molecule has 50 heavy (non-hydrogen) atoms. The number of thiazole rings is 1. The maximum absolute atomic E-state index is 14.9. The highest BCUT2D eigenvalue weighted by molar-refractivity contribution is 9.09. The van der Waals surface area contributed by atoms with Gasteiger partial charge in [0.2, 0.25) is 11.8 Å². The molecule has 278 valence electrons. The predicted molar refractivity (Wildman–Crippen MR) is 206 cm³/mol. The first-order chi connectivity index (χ1) is 23.9. The lowest BCUT2D eigenvalue weighted by Crippen LogP contribution is -2.61. The molecule has 1 unspecified atom stereocenters. The van der Waals surface area contributed by atoms with Crippen LogP contribution >= 0.6 is 39.0 Å². The van der Waals surface area contributed by atoms with Gasteiger partial charge in [0, 0.05) is 29.6 Å². The van der Waals surface area contributed by atoms with Gasteiger partial charge < -0.3 is 20.6 Å². The molecule has 3 N–H and O–H groups in total. The lowest BCUT2D eigenvalue weighted by atomic mass is 10.00. The Kier molecular flexibility index (Phi) is 16.1. The molecule has 0 bridgehead atoms. The average Bonchev–Trinajstić information content (AvgIpc) is 3.50. The first kappa shape index (κ1) is 40.7. The van der Waals surface area contributed by atoms with Gasteiger partial charge in [-0.3, -0.25) is 14.4 Å². The molecule has 2 aromatic rings. The Bertz CT molecular complexity index is 1390. The molecule has 1 aromatic carbocycles. The van der Waals surface area contributed by atoms with E-state index < -0.39 is 40.4 Å².